The molecule has 0 unspecified atom stereocenters. The fourth-order valence-electron chi connectivity index (χ4n) is 4.61. The van der Waals surface area contributed by atoms with E-state index in [2.05, 4.69) is 15.2 Å². The Hall–Kier alpha value is -3.45. The molecule has 4 aromatic rings. The zero-order valence-electron chi connectivity index (χ0n) is 23.4. The Labute approximate surface area is 260 Å². The molecule has 1 amide bonds. The van der Waals surface area contributed by atoms with Gasteiger partial charge in [-0.2, -0.15) is 4.31 Å². The number of benzene rings is 3. The van der Waals surface area contributed by atoms with Gasteiger partial charge < -0.3 is 9.47 Å². The van der Waals surface area contributed by atoms with Gasteiger partial charge in [0.25, 0.3) is 0 Å². The Balaban J connectivity index is 1.42. The summed E-state index contributed by atoms with van der Waals surface area (Å²) in [5.41, 5.74) is 2.12. The summed E-state index contributed by atoms with van der Waals surface area (Å²) >= 11 is 12.1. The van der Waals surface area contributed by atoms with Crippen LogP contribution < -0.4 is 10.1 Å². The Morgan fingerprint density at radius 3 is 2.23 bits per heavy atom. The van der Waals surface area contributed by atoms with Gasteiger partial charge in [-0.1, -0.05) is 35.3 Å². The minimum atomic E-state index is -4.02. The number of halogens is 2. The van der Waals surface area contributed by atoms with Crippen LogP contribution in [0.4, 0.5) is 5.95 Å². The van der Waals surface area contributed by atoms with E-state index in [0.717, 1.165) is 11.3 Å². The molecular formula is C30H31Cl2N5O5S. The van der Waals surface area contributed by atoms with Gasteiger partial charge in [-0.3, -0.25) is 19.6 Å². The van der Waals surface area contributed by atoms with Crippen molar-refractivity contribution in [3.05, 3.63) is 89.0 Å². The second kappa shape index (κ2) is 13.9. The third kappa shape index (κ3) is 7.74. The molecule has 10 nitrogen and oxygen atoms in total. The first kappa shape index (κ1) is 31.0. The Bertz CT molecular complexity index is 1640. The van der Waals surface area contributed by atoms with E-state index in [1.54, 1.807) is 42.1 Å². The molecule has 3 aromatic carbocycles. The number of morpholine rings is 1. The fraction of sp³-hybridized carbons (Fsp3) is 0.267. The number of anilines is 1. The van der Waals surface area contributed by atoms with E-state index in [-0.39, 0.29) is 17.4 Å². The van der Waals surface area contributed by atoms with Crippen molar-refractivity contribution in [3.8, 4) is 22.7 Å². The normalized spacial score (nSPS) is 14.1. The number of amides is 1. The third-order valence-corrected chi connectivity index (χ3v) is 9.35. The van der Waals surface area contributed by atoms with Crippen LogP contribution >= 0.6 is 23.2 Å². The Kier molecular flexibility index (Phi) is 10.0. The van der Waals surface area contributed by atoms with Gasteiger partial charge in [0, 0.05) is 53.7 Å². The summed E-state index contributed by atoms with van der Waals surface area (Å²) in [4.78, 5) is 20.4. The number of ether oxygens (including phenoxy) is 2. The maximum Gasteiger partial charge on any atom is 0.243 e. The summed E-state index contributed by atoms with van der Waals surface area (Å²) in [6.45, 7) is 2.68. The molecule has 0 aliphatic carbocycles. The molecular weight excluding hydrogens is 613 g/mol. The number of nitrogens with zero attached hydrogens (tertiary/aromatic N) is 4. The second-order valence-electron chi connectivity index (χ2n) is 9.82. The molecule has 0 bridgehead atoms. The molecule has 226 valence electrons. The van der Waals surface area contributed by atoms with E-state index in [9.17, 15) is 13.2 Å². The molecule has 1 aromatic heterocycles. The largest absolute Gasteiger partial charge is 0.497 e. The summed E-state index contributed by atoms with van der Waals surface area (Å²) < 4.78 is 41.0. The summed E-state index contributed by atoms with van der Waals surface area (Å²) in [6.07, 6.45) is 1.79. The maximum absolute atomic E-state index is 13.7. The standard InChI is InChI=1S/C30H31Cl2N5O5S/c1-41-26-10-8-25(9-11-26)37-20-28(22-2-4-23(31)5-3-22)33-30(37)34-29(38)21-36(15-14-35-16-18-42-19-17-35)43(39,40)27-12-6-24(32)7-13-27/h2-13,20H,14-19,21H2,1H3,(H,33,34,38). The van der Waals surface area contributed by atoms with Crippen molar-refractivity contribution in [3.63, 3.8) is 0 Å². The van der Waals surface area contributed by atoms with Crippen molar-refractivity contribution in [1.29, 1.82) is 0 Å². The lowest BCUT2D eigenvalue weighted by Crippen LogP contribution is -2.45. The first-order valence-corrected chi connectivity index (χ1v) is 15.8. The lowest BCUT2D eigenvalue weighted by atomic mass is 10.2. The SMILES string of the molecule is COc1ccc(-n2cc(-c3ccc(Cl)cc3)nc2NC(=O)CN(CCN2CCOCC2)S(=O)(=O)c2ccc(Cl)cc2)cc1. The predicted octanol–water partition coefficient (Wildman–Crippen LogP) is 4.82. The number of sulfonamides is 1. The highest BCUT2D eigenvalue weighted by Crippen LogP contribution is 2.27. The lowest BCUT2D eigenvalue weighted by molar-refractivity contribution is -0.116. The van der Waals surface area contributed by atoms with Crippen LogP contribution in [0.25, 0.3) is 16.9 Å². The van der Waals surface area contributed by atoms with E-state index in [1.165, 1.54) is 28.6 Å². The van der Waals surface area contributed by atoms with Crippen molar-refractivity contribution < 1.29 is 22.7 Å². The number of imidazole rings is 1. The van der Waals surface area contributed by atoms with Crippen molar-refractivity contribution in [2.75, 3.05) is 58.4 Å². The van der Waals surface area contributed by atoms with Gasteiger partial charge in [-0.05, 0) is 60.7 Å². The number of aromatic nitrogens is 2. The maximum atomic E-state index is 13.7. The van der Waals surface area contributed by atoms with Crippen LogP contribution in [0, 0.1) is 0 Å². The van der Waals surface area contributed by atoms with Crippen LogP contribution in [0.5, 0.6) is 5.75 Å². The molecule has 2 heterocycles. The third-order valence-electron chi connectivity index (χ3n) is 6.99. The number of rotatable bonds is 11. The average molecular weight is 645 g/mol. The molecule has 1 saturated heterocycles. The monoisotopic (exact) mass is 643 g/mol. The smallest absolute Gasteiger partial charge is 0.243 e. The topological polar surface area (TPSA) is 106 Å². The predicted molar refractivity (Wildman–Crippen MR) is 167 cm³/mol. The summed E-state index contributed by atoms with van der Waals surface area (Å²) in [5, 5.41) is 3.84. The van der Waals surface area contributed by atoms with E-state index in [4.69, 9.17) is 32.7 Å². The minimum absolute atomic E-state index is 0.0523. The molecule has 0 atom stereocenters. The Morgan fingerprint density at radius 2 is 1.60 bits per heavy atom. The highest BCUT2D eigenvalue weighted by atomic mass is 35.5. The average Bonchev–Trinajstić information content (AvgIpc) is 3.43. The van der Waals surface area contributed by atoms with Crippen molar-refractivity contribution in [1.82, 2.24) is 18.8 Å². The van der Waals surface area contributed by atoms with Crippen molar-refractivity contribution in [2.24, 2.45) is 0 Å². The molecule has 0 spiro atoms. The van der Waals surface area contributed by atoms with Gasteiger partial charge in [0.05, 0.1) is 37.5 Å². The summed E-state index contributed by atoms with van der Waals surface area (Å²) in [6, 6.07) is 20.4. The molecule has 1 aliphatic rings. The van der Waals surface area contributed by atoms with Gasteiger partial charge in [-0.25, -0.2) is 13.4 Å². The van der Waals surface area contributed by atoms with Gasteiger partial charge >= 0.3 is 0 Å². The van der Waals surface area contributed by atoms with Crippen LogP contribution in [0.2, 0.25) is 10.0 Å². The molecule has 5 rings (SSSR count). The van der Waals surface area contributed by atoms with Crippen LogP contribution in [0.1, 0.15) is 0 Å². The van der Waals surface area contributed by atoms with Gasteiger partial charge in [0.1, 0.15) is 5.75 Å². The Morgan fingerprint density at radius 1 is 0.977 bits per heavy atom. The van der Waals surface area contributed by atoms with Crippen LogP contribution in [0.3, 0.4) is 0 Å². The zero-order chi connectivity index (χ0) is 30.4. The van der Waals surface area contributed by atoms with Crippen molar-refractivity contribution in [2.45, 2.75) is 4.90 Å². The number of carbonyl (C=O) groups excluding carboxylic acids is 1. The van der Waals surface area contributed by atoms with E-state index in [0.29, 0.717) is 54.3 Å². The zero-order valence-corrected chi connectivity index (χ0v) is 25.8. The molecule has 43 heavy (non-hydrogen) atoms. The highest BCUT2D eigenvalue weighted by Gasteiger charge is 2.28. The fourth-order valence-corrected chi connectivity index (χ4v) is 6.25. The first-order valence-electron chi connectivity index (χ1n) is 13.6. The number of hydrogen-bond donors (Lipinski definition) is 1. The highest BCUT2D eigenvalue weighted by molar-refractivity contribution is 7.89. The first-order chi connectivity index (χ1) is 20.7. The molecule has 1 aliphatic heterocycles. The molecule has 13 heteroatoms. The number of nitrogens with one attached hydrogen (secondary N) is 1. The molecule has 0 radical (unpaired) electrons. The molecule has 1 N–H and O–H groups in total. The van der Waals surface area contributed by atoms with Crippen LogP contribution in [-0.2, 0) is 19.6 Å². The number of hydrogen-bond acceptors (Lipinski definition) is 7. The summed E-state index contributed by atoms with van der Waals surface area (Å²) in [5.74, 6) is 0.371. The number of carbonyl (C=O) groups is 1. The number of methoxy groups -OCH3 is 1. The van der Waals surface area contributed by atoms with E-state index >= 15 is 0 Å². The van der Waals surface area contributed by atoms with Crippen LogP contribution in [0.15, 0.2) is 83.9 Å². The van der Waals surface area contributed by atoms with E-state index in [1.807, 2.05) is 24.3 Å². The molecule has 1 fully saturated rings. The second-order valence-corrected chi connectivity index (χ2v) is 12.6. The van der Waals surface area contributed by atoms with Gasteiger partial charge in [-0.15, -0.1) is 0 Å². The summed E-state index contributed by atoms with van der Waals surface area (Å²) in [7, 11) is -2.43. The molecule has 0 saturated carbocycles. The van der Waals surface area contributed by atoms with E-state index < -0.39 is 22.5 Å². The lowest BCUT2D eigenvalue weighted by Gasteiger charge is -2.29. The quantitative estimate of drug-likeness (QED) is 0.250. The van der Waals surface area contributed by atoms with Crippen LogP contribution in [-0.4, -0.2) is 86.1 Å². The minimum Gasteiger partial charge on any atom is -0.497 e. The van der Waals surface area contributed by atoms with Gasteiger partial charge in [0.15, 0.2) is 0 Å². The van der Waals surface area contributed by atoms with Gasteiger partial charge in [0.2, 0.25) is 21.9 Å². The van der Waals surface area contributed by atoms with Crippen molar-refractivity contribution >= 4 is 45.1 Å².